The lowest BCUT2D eigenvalue weighted by molar-refractivity contribution is 0.141. The summed E-state index contributed by atoms with van der Waals surface area (Å²) < 4.78 is 0. The van der Waals surface area contributed by atoms with Gasteiger partial charge in [0.05, 0.1) is 0 Å². The Hall–Kier alpha value is -0.0800. The van der Waals surface area contributed by atoms with Gasteiger partial charge in [0.2, 0.25) is 0 Å². The molecule has 1 saturated heterocycles. The van der Waals surface area contributed by atoms with E-state index in [1.165, 1.54) is 38.9 Å². The van der Waals surface area contributed by atoms with E-state index in [1.54, 1.807) is 0 Å². The first-order valence-corrected chi connectivity index (χ1v) is 5.78. The van der Waals surface area contributed by atoms with E-state index >= 15 is 0 Å². The van der Waals surface area contributed by atoms with E-state index in [1.807, 2.05) is 0 Å². The second-order valence-corrected chi connectivity index (χ2v) is 4.65. The van der Waals surface area contributed by atoms with Crippen molar-refractivity contribution in [3.8, 4) is 0 Å². The van der Waals surface area contributed by atoms with E-state index in [4.69, 9.17) is 0 Å². The molecule has 76 valence electrons. The third-order valence-electron chi connectivity index (χ3n) is 3.64. The Bertz CT molecular complexity index is 165. The van der Waals surface area contributed by atoms with Gasteiger partial charge in [0, 0.05) is 31.7 Å². The summed E-state index contributed by atoms with van der Waals surface area (Å²) in [5.41, 5.74) is 0. The molecule has 2 fully saturated rings. The van der Waals surface area contributed by atoms with E-state index in [9.17, 15) is 0 Å². The molecule has 2 unspecified atom stereocenters. The highest BCUT2D eigenvalue weighted by atomic mass is 15.2. The predicted molar refractivity (Wildman–Crippen MR) is 55.8 cm³/mol. The molecule has 0 aromatic carbocycles. The van der Waals surface area contributed by atoms with Gasteiger partial charge >= 0.3 is 0 Å². The topological polar surface area (TPSA) is 15.3 Å². The van der Waals surface area contributed by atoms with Crippen LogP contribution in [-0.4, -0.2) is 36.6 Å². The Labute approximate surface area is 81.7 Å². The largest absolute Gasteiger partial charge is 0.311 e. The molecule has 1 saturated carbocycles. The van der Waals surface area contributed by atoms with Crippen LogP contribution in [0.5, 0.6) is 0 Å². The maximum absolute atomic E-state index is 3.65. The summed E-state index contributed by atoms with van der Waals surface area (Å²) in [6.45, 7) is 8.39. The second kappa shape index (κ2) is 3.97. The normalized spacial score (nSPS) is 33.2. The molecule has 0 amide bonds. The van der Waals surface area contributed by atoms with Crippen molar-refractivity contribution in [3.05, 3.63) is 0 Å². The Kier molecular flexibility index (Phi) is 2.89. The standard InChI is InChI=1S/C11H22N2/c1-3-9(2)13-7-6-12-11(8-13)10-4-5-10/h9-12H,3-8H2,1-2H3. The van der Waals surface area contributed by atoms with E-state index in [-0.39, 0.29) is 0 Å². The Morgan fingerprint density at radius 3 is 2.85 bits per heavy atom. The first kappa shape index (κ1) is 9.47. The molecule has 1 aliphatic heterocycles. The average Bonchev–Trinajstić information content (AvgIpc) is 3.00. The smallest absolute Gasteiger partial charge is 0.0223 e. The number of hydrogen-bond acceptors (Lipinski definition) is 2. The zero-order valence-corrected chi connectivity index (χ0v) is 8.92. The molecular weight excluding hydrogens is 160 g/mol. The maximum Gasteiger partial charge on any atom is 0.0223 e. The first-order valence-electron chi connectivity index (χ1n) is 5.78. The van der Waals surface area contributed by atoms with Gasteiger partial charge in [-0.2, -0.15) is 0 Å². The highest BCUT2D eigenvalue weighted by Gasteiger charge is 2.34. The molecule has 1 heterocycles. The maximum atomic E-state index is 3.65. The van der Waals surface area contributed by atoms with Crippen molar-refractivity contribution >= 4 is 0 Å². The molecule has 0 bridgehead atoms. The van der Waals surface area contributed by atoms with Crippen molar-refractivity contribution in [3.63, 3.8) is 0 Å². The molecule has 2 nitrogen and oxygen atoms in total. The van der Waals surface area contributed by atoms with Crippen molar-refractivity contribution in [2.75, 3.05) is 19.6 Å². The van der Waals surface area contributed by atoms with Crippen LogP contribution in [0.1, 0.15) is 33.1 Å². The van der Waals surface area contributed by atoms with E-state index in [0.29, 0.717) is 0 Å². The lowest BCUT2D eigenvalue weighted by atomic mass is 10.1. The molecule has 13 heavy (non-hydrogen) atoms. The lowest BCUT2D eigenvalue weighted by Crippen LogP contribution is -2.54. The number of nitrogens with zero attached hydrogens (tertiary/aromatic N) is 1. The zero-order chi connectivity index (χ0) is 9.26. The van der Waals surface area contributed by atoms with Gasteiger partial charge in [-0.1, -0.05) is 6.92 Å². The molecule has 0 radical (unpaired) electrons. The molecule has 2 heteroatoms. The third-order valence-corrected chi connectivity index (χ3v) is 3.64. The van der Waals surface area contributed by atoms with Crippen molar-refractivity contribution < 1.29 is 0 Å². The van der Waals surface area contributed by atoms with Gasteiger partial charge in [0.25, 0.3) is 0 Å². The van der Waals surface area contributed by atoms with Gasteiger partial charge in [0.1, 0.15) is 0 Å². The van der Waals surface area contributed by atoms with Crippen molar-refractivity contribution in [2.24, 2.45) is 5.92 Å². The van der Waals surface area contributed by atoms with Crippen LogP contribution >= 0.6 is 0 Å². The van der Waals surface area contributed by atoms with Crippen LogP contribution in [0.2, 0.25) is 0 Å². The summed E-state index contributed by atoms with van der Waals surface area (Å²) in [6, 6.07) is 1.59. The Morgan fingerprint density at radius 1 is 1.46 bits per heavy atom. The van der Waals surface area contributed by atoms with Crippen LogP contribution in [0.15, 0.2) is 0 Å². The van der Waals surface area contributed by atoms with E-state index in [0.717, 1.165) is 18.0 Å². The van der Waals surface area contributed by atoms with Crippen LogP contribution in [0, 0.1) is 5.92 Å². The molecule has 0 aromatic heterocycles. The highest BCUT2D eigenvalue weighted by molar-refractivity contribution is 4.92. The monoisotopic (exact) mass is 182 g/mol. The molecule has 2 rings (SSSR count). The van der Waals surface area contributed by atoms with Crippen molar-refractivity contribution in [1.29, 1.82) is 0 Å². The lowest BCUT2D eigenvalue weighted by Gasteiger charge is -2.37. The number of rotatable bonds is 3. The summed E-state index contributed by atoms with van der Waals surface area (Å²) in [4.78, 5) is 2.65. The van der Waals surface area contributed by atoms with Gasteiger partial charge < -0.3 is 5.32 Å². The summed E-state index contributed by atoms with van der Waals surface area (Å²) in [7, 11) is 0. The van der Waals surface area contributed by atoms with Gasteiger partial charge in [0.15, 0.2) is 0 Å². The molecule has 1 N–H and O–H groups in total. The number of nitrogens with one attached hydrogen (secondary N) is 1. The average molecular weight is 182 g/mol. The summed E-state index contributed by atoms with van der Waals surface area (Å²) in [6.07, 6.45) is 4.22. The minimum atomic E-state index is 0.781. The van der Waals surface area contributed by atoms with Crippen LogP contribution in [0.4, 0.5) is 0 Å². The molecule has 1 aliphatic carbocycles. The molecule has 2 aliphatic rings. The fraction of sp³-hybridized carbons (Fsp3) is 1.00. The van der Waals surface area contributed by atoms with Crippen LogP contribution in [0.25, 0.3) is 0 Å². The van der Waals surface area contributed by atoms with Crippen LogP contribution in [-0.2, 0) is 0 Å². The zero-order valence-electron chi connectivity index (χ0n) is 8.92. The summed E-state index contributed by atoms with van der Waals surface area (Å²) in [5.74, 6) is 1.01. The second-order valence-electron chi connectivity index (χ2n) is 4.65. The minimum absolute atomic E-state index is 0.781. The van der Waals surface area contributed by atoms with E-state index < -0.39 is 0 Å². The van der Waals surface area contributed by atoms with Crippen LogP contribution in [0.3, 0.4) is 0 Å². The van der Waals surface area contributed by atoms with Gasteiger partial charge in [-0.25, -0.2) is 0 Å². The quantitative estimate of drug-likeness (QED) is 0.711. The summed E-state index contributed by atoms with van der Waals surface area (Å²) in [5, 5.41) is 3.65. The fourth-order valence-corrected chi connectivity index (χ4v) is 2.27. The van der Waals surface area contributed by atoms with Crippen LogP contribution < -0.4 is 5.32 Å². The van der Waals surface area contributed by atoms with Crippen molar-refractivity contribution in [1.82, 2.24) is 10.2 Å². The molecular formula is C11H22N2. The SMILES string of the molecule is CCC(C)N1CCNC(C2CC2)C1. The van der Waals surface area contributed by atoms with Gasteiger partial charge in [-0.15, -0.1) is 0 Å². The predicted octanol–water partition coefficient (Wildman–Crippen LogP) is 1.47. The first-order chi connectivity index (χ1) is 6.31. The Morgan fingerprint density at radius 2 is 2.23 bits per heavy atom. The van der Waals surface area contributed by atoms with Gasteiger partial charge in [-0.05, 0) is 32.1 Å². The Balaban J connectivity index is 1.83. The third kappa shape index (κ3) is 2.23. The molecule has 0 aromatic rings. The van der Waals surface area contributed by atoms with Crippen molar-refractivity contribution in [2.45, 2.75) is 45.2 Å². The minimum Gasteiger partial charge on any atom is -0.311 e. The highest BCUT2D eigenvalue weighted by Crippen LogP contribution is 2.33. The molecule has 0 spiro atoms. The fourth-order valence-electron chi connectivity index (χ4n) is 2.27. The van der Waals surface area contributed by atoms with E-state index in [2.05, 4.69) is 24.1 Å². The number of hydrogen-bond donors (Lipinski definition) is 1. The summed E-state index contributed by atoms with van der Waals surface area (Å²) >= 11 is 0. The molecule has 2 atom stereocenters. The number of piperazine rings is 1. The van der Waals surface area contributed by atoms with Gasteiger partial charge in [-0.3, -0.25) is 4.90 Å².